The van der Waals surface area contributed by atoms with Gasteiger partial charge in [0.15, 0.2) is 0 Å². The van der Waals surface area contributed by atoms with E-state index in [1.807, 2.05) is 48.5 Å². The van der Waals surface area contributed by atoms with E-state index < -0.39 is 0 Å². The summed E-state index contributed by atoms with van der Waals surface area (Å²) in [6.45, 7) is 10.8. The molecule has 2 amide bonds. The minimum Gasteiger partial charge on any atom is -0.494 e. The van der Waals surface area contributed by atoms with Gasteiger partial charge in [-0.05, 0) is 66.5 Å². The molecule has 1 unspecified atom stereocenters. The number of carbonyl (C=O) groups is 2. The molecular formula is C28H34N2O3. The summed E-state index contributed by atoms with van der Waals surface area (Å²) in [5.74, 6) is 1.16. The van der Waals surface area contributed by atoms with Gasteiger partial charge in [-0.2, -0.15) is 0 Å². The van der Waals surface area contributed by atoms with E-state index in [0.717, 1.165) is 43.7 Å². The van der Waals surface area contributed by atoms with Gasteiger partial charge in [-0.3, -0.25) is 9.59 Å². The van der Waals surface area contributed by atoms with Gasteiger partial charge < -0.3 is 9.64 Å². The largest absolute Gasteiger partial charge is 0.494 e. The maximum Gasteiger partial charge on any atom is 0.282 e. The molecule has 174 valence electrons. The number of carbonyl (C=O) groups excluding carboxylic acids is 2. The molecular weight excluding hydrogens is 412 g/mol. The second kappa shape index (κ2) is 9.82. The van der Waals surface area contributed by atoms with Gasteiger partial charge in [-0.15, -0.1) is 0 Å². The van der Waals surface area contributed by atoms with E-state index in [-0.39, 0.29) is 11.8 Å². The van der Waals surface area contributed by atoms with Crippen molar-refractivity contribution in [3.8, 4) is 5.75 Å². The Morgan fingerprint density at radius 1 is 1.00 bits per heavy atom. The Balaban J connectivity index is 1.73. The molecule has 2 aliphatic heterocycles. The standard InChI is InChI=1S/C28H34N2O3/c1-5-17-33-24-14-10-22(11-15-24)25-26(29-16-6-7-20(4)18-29)28(32)30(27(25)31)23-12-8-21(9-13-23)19(2)3/h8-15,19-20H,5-7,16-18H2,1-4H3. The van der Waals surface area contributed by atoms with Crippen molar-refractivity contribution in [2.75, 3.05) is 24.6 Å². The van der Waals surface area contributed by atoms with Crippen molar-refractivity contribution >= 4 is 23.1 Å². The molecule has 1 atom stereocenters. The van der Waals surface area contributed by atoms with E-state index in [1.54, 1.807) is 0 Å². The zero-order chi connectivity index (χ0) is 23.5. The second-order valence-corrected chi connectivity index (χ2v) is 9.48. The highest BCUT2D eigenvalue weighted by Gasteiger charge is 2.43. The highest BCUT2D eigenvalue weighted by molar-refractivity contribution is 6.45. The molecule has 1 saturated heterocycles. The molecule has 5 nitrogen and oxygen atoms in total. The van der Waals surface area contributed by atoms with E-state index in [2.05, 4.69) is 32.6 Å². The van der Waals surface area contributed by atoms with Gasteiger partial charge in [0.05, 0.1) is 17.9 Å². The van der Waals surface area contributed by atoms with Crippen LogP contribution in [-0.2, 0) is 9.59 Å². The average molecular weight is 447 g/mol. The Morgan fingerprint density at radius 3 is 2.30 bits per heavy atom. The van der Waals surface area contributed by atoms with Crippen molar-refractivity contribution in [3.63, 3.8) is 0 Å². The van der Waals surface area contributed by atoms with Crippen molar-refractivity contribution in [3.05, 3.63) is 65.4 Å². The predicted octanol–water partition coefficient (Wildman–Crippen LogP) is 5.62. The number of anilines is 1. The third-order valence-corrected chi connectivity index (χ3v) is 6.47. The number of ether oxygens (including phenoxy) is 1. The van der Waals surface area contributed by atoms with Crippen LogP contribution >= 0.6 is 0 Å². The quantitative estimate of drug-likeness (QED) is 0.518. The third-order valence-electron chi connectivity index (χ3n) is 6.47. The first kappa shape index (κ1) is 23.1. The topological polar surface area (TPSA) is 49.9 Å². The van der Waals surface area contributed by atoms with E-state index in [9.17, 15) is 9.59 Å². The minimum atomic E-state index is -0.257. The molecule has 2 aromatic carbocycles. The first-order chi connectivity index (χ1) is 15.9. The number of rotatable bonds is 7. The molecule has 0 aliphatic carbocycles. The van der Waals surface area contributed by atoms with Gasteiger partial charge in [0.1, 0.15) is 11.4 Å². The van der Waals surface area contributed by atoms with Crippen molar-refractivity contribution in [1.29, 1.82) is 0 Å². The molecule has 2 aromatic rings. The molecule has 33 heavy (non-hydrogen) atoms. The lowest BCUT2D eigenvalue weighted by Crippen LogP contribution is -2.39. The predicted molar refractivity (Wildman–Crippen MR) is 132 cm³/mol. The van der Waals surface area contributed by atoms with E-state index in [0.29, 0.717) is 35.4 Å². The van der Waals surface area contributed by atoms with E-state index >= 15 is 0 Å². The Kier molecular flexibility index (Phi) is 6.87. The summed E-state index contributed by atoms with van der Waals surface area (Å²) in [4.78, 5) is 30.9. The Hall–Kier alpha value is -3.08. The third kappa shape index (κ3) is 4.68. The van der Waals surface area contributed by atoms with Crippen LogP contribution in [0.5, 0.6) is 5.75 Å². The molecule has 2 heterocycles. The first-order valence-electron chi connectivity index (χ1n) is 12.1. The number of hydrogen-bond donors (Lipinski definition) is 0. The molecule has 1 fully saturated rings. The molecule has 0 N–H and O–H groups in total. The van der Waals surface area contributed by atoms with Crippen LogP contribution in [0.25, 0.3) is 5.57 Å². The zero-order valence-electron chi connectivity index (χ0n) is 20.1. The maximum absolute atomic E-state index is 13.7. The van der Waals surface area contributed by atoms with Crippen LogP contribution in [0.2, 0.25) is 0 Å². The molecule has 0 aromatic heterocycles. The van der Waals surface area contributed by atoms with Crippen molar-refractivity contribution in [2.24, 2.45) is 5.92 Å². The normalized spacial score (nSPS) is 19.1. The molecule has 2 aliphatic rings. The number of amides is 2. The van der Waals surface area contributed by atoms with E-state index in [4.69, 9.17) is 4.74 Å². The molecule has 0 spiro atoms. The summed E-state index contributed by atoms with van der Waals surface area (Å²) < 4.78 is 5.71. The summed E-state index contributed by atoms with van der Waals surface area (Å²) in [5, 5.41) is 0. The summed E-state index contributed by atoms with van der Waals surface area (Å²) in [6.07, 6.45) is 3.10. The minimum absolute atomic E-state index is 0.229. The van der Waals surface area contributed by atoms with Crippen LogP contribution in [0.1, 0.15) is 64.0 Å². The summed E-state index contributed by atoms with van der Waals surface area (Å²) in [7, 11) is 0. The Morgan fingerprint density at radius 2 is 1.70 bits per heavy atom. The summed E-state index contributed by atoms with van der Waals surface area (Å²) >= 11 is 0. The SMILES string of the molecule is CCCOc1ccc(C2=C(N3CCCC(C)C3)C(=O)N(c3ccc(C(C)C)cc3)C2=O)cc1. The van der Waals surface area contributed by atoms with Gasteiger partial charge in [-0.25, -0.2) is 4.90 Å². The van der Waals surface area contributed by atoms with Crippen LogP contribution in [0.3, 0.4) is 0 Å². The fraction of sp³-hybridized carbons (Fsp3) is 0.429. The van der Waals surface area contributed by atoms with Crippen molar-refractivity contribution in [1.82, 2.24) is 4.90 Å². The molecule has 0 bridgehead atoms. The lowest BCUT2D eigenvalue weighted by atomic mass is 9.97. The number of hydrogen-bond acceptors (Lipinski definition) is 4. The number of likely N-dealkylation sites (tertiary alicyclic amines) is 1. The fourth-order valence-electron chi connectivity index (χ4n) is 4.64. The van der Waals surface area contributed by atoms with Crippen LogP contribution < -0.4 is 9.64 Å². The van der Waals surface area contributed by atoms with Gasteiger partial charge in [0.2, 0.25) is 0 Å². The Labute approximate surface area is 197 Å². The number of imide groups is 1. The lowest BCUT2D eigenvalue weighted by Gasteiger charge is -2.33. The van der Waals surface area contributed by atoms with Crippen LogP contribution in [0.15, 0.2) is 54.2 Å². The van der Waals surface area contributed by atoms with Crippen molar-refractivity contribution in [2.45, 2.75) is 52.9 Å². The van der Waals surface area contributed by atoms with Gasteiger partial charge in [0.25, 0.3) is 11.8 Å². The number of benzene rings is 2. The van der Waals surface area contributed by atoms with Crippen LogP contribution in [-0.4, -0.2) is 36.4 Å². The number of piperidine rings is 1. The average Bonchev–Trinajstić information content (AvgIpc) is 3.08. The first-order valence-corrected chi connectivity index (χ1v) is 12.1. The molecule has 0 saturated carbocycles. The fourth-order valence-corrected chi connectivity index (χ4v) is 4.64. The summed E-state index contributed by atoms with van der Waals surface area (Å²) in [5.41, 5.74) is 3.58. The molecule has 5 heteroatoms. The van der Waals surface area contributed by atoms with Crippen LogP contribution in [0.4, 0.5) is 5.69 Å². The summed E-state index contributed by atoms with van der Waals surface area (Å²) in [6, 6.07) is 15.3. The van der Waals surface area contributed by atoms with Gasteiger partial charge in [0, 0.05) is 13.1 Å². The lowest BCUT2D eigenvalue weighted by molar-refractivity contribution is -0.120. The second-order valence-electron chi connectivity index (χ2n) is 9.48. The zero-order valence-corrected chi connectivity index (χ0v) is 20.1. The molecule has 4 rings (SSSR count). The van der Waals surface area contributed by atoms with Gasteiger partial charge >= 0.3 is 0 Å². The smallest absolute Gasteiger partial charge is 0.282 e. The molecule has 0 radical (unpaired) electrons. The van der Waals surface area contributed by atoms with Crippen LogP contribution in [0, 0.1) is 5.92 Å². The highest BCUT2D eigenvalue weighted by Crippen LogP contribution is 2.37. The maximum atomic E-state index is 13.7. The van der Waals surface area contributed by atoms with Gasteiger partial charge in [-0.1, -0.05) is 52.0 Å². The highest BCUT2D eigenvalue weighted by atomic mass is 16.5. The van der Waals surface area contributed by atoms with Crippen molar-refractivity contribution < 1.29 is 14.3 Å². The number of nitrogens with zero attached hydrogens (tertiary/aromatic N) is 2. The van der Waals surface area contributed by atoms with E-state index in [1.165, 1.54) is 10.5 Å². The monoisotopic (exact) mass is 446 g/mol. The Bertz CT molecular complexity index is 1040.